The van der Waals surface area contributed by atoms with Gasteiger partial charge in [-0.05, 0) is 12.8 Å². The molecule has 0 saturated carbocycles. The molecular weight excluding hydrogens is 214 g/mol. The normalized spacial score (nSPS) is 19.4. The summed E-state index contributed by atoms with van der Waals surface area (Å²) in [6.07, 6.45) is 10.4. The van der Waals surface area contributed by atoms with Crippen LogP contribution < -0.4 is 0 Å². The van der Waals surface area contributed by atoms with Crippen molar-refractivity contribution in [2.45, 2.75) is 58.3 Å². The van der Waals surface area contributed by atoms with Gasteiger partial charge in [-0.2, -0.15) is 0 Å². The lowest BCUT2D eigenvalue weighted by Crippen LogP contribution is -2.50. The number of quaternary nitrogens is 1. The zero-order chi connectivity index (χ0) is 12.4. The van der Waals surface area contributed by atoms with Crippen LogP contribution in [0.5, 0.6) is 0 Å². The highest BCUT2D eigenvalue weighted by Crippen LogP contribution is 2.13. The van der Waals surface area contributed by atoms with Crippen molar-refractivity contribution in [2.75, 3.05) is 32.8 Å². The summed E-state index contributed by atoms with van der Waals surface area (Å²) in [7, 11) is 0. The maximum atomic E-state index is 12.2. The van der Waals surface area contributed by atoms with Gasteiger partial charge in [0.25, 0.3) is 0 Å². The Morgan fingerprint density at radius 3 is 2.00 bits per heavy atom. The van der Waals surface area contributed by atoms with Crippen LogP contribution in [0.1, 0.15) is 58.3 Å². The van der Waals surface area contributed by atoms with Gasteiger partial charge in [-0.3, -0.25) is 0 Å². The number of hydrogen-bond acceptors (Lipinski definition) is 2. The molecule has 0 radical (unpaired) electrons. The first-order valence-corrected chi connectivity index (χ1v) is 7.42. The molecule has 1 aliphatic rings. The van der Waals surface area contributed by atoms with Crippen molar-refractivity contribution >= 4 is 0 Å². The van der Waals surface area contributed by atoms with Crippen LogP contribution in [0.4, 0.5) is 0 Å². The van der Waals surface area contributed by atoms with E-state index in [9.17, 15) is 5.21 Å². The lowest BCUT2D eigenvalue weighted by Gasteiger charge is -2.45. The minimum atomic E-state index is -0.00413. The van der Waals surface area contributed by atoms with E-state index in [1.165, 1.54) is 44.9 Å². The minimum Gasteiger partial charge on any atom is -0.633 e. The first-order chi connectivity index (χ1) is 8.27. The van der Waals surface area contributed by atoms with E-state index in [2.05, 4.69) is 6.92 Å². The lowest BCUT2D eigenvalue weighted by atomic mass is 10.1. The molecule has 0 aliphatic carbocycles. The monoisotopic (exact) mass is 243 g/mol. The molecule has 0 amide bonds. The smallest absolute Gasteiger partial charge is 0.102 e. The predicted octanol–water partition coefficient (Wildman–Crippen LogP) is 3.47. The van der Waals surface area contributed by atoms with Crippen LogP contribution >= 0.6 is 0 Å². The van der Waals surface area contributed by atoms with Crippen molar-refractivity contribution in [1.29, 1.82) is 0 Å². The van der Waals surface area contributed by atoms with Gasteiger partial charge in [0.1, 0.15) is 13.1 Å². The van der Waals surface area contributed by atoms with Crippen molar-refractivity contribution in [1.82, 2.24) is 0 Å². The molecule has 1 heterocycles. The van der Waals surface area contributed by atoms with Crippen molar-refractivity contribution in [3.63, 3.8) is 0 Å². The van der Waals surface area contributed by atoms with Crippen molar-refractivity contribution < 1.29 is 9.38 Å². The summed E-state index contributed by atoms with van der Waals surface area (Å²) in [4.78, 5) is 0. The Bertz CT molecular complexity index is 179. The molecular formula is C14H29NO2. The molecule has 0 bridgehead atoms. The third kappa shape index (κ3) is 7.02. The summed E-state index contributed by atoms with van der Waals surface area (Å²) in [5.41, 5.74) is 0. The maximum Gasteiger partial charge on any atom is 0.102 e. The molecule has 0 aromatic heterocycles. The summed E-state index contributed by atoms with van der Waals surface area (Å²) < 4.78 is 5.23. The number of unbranched alkanes of at least 4 members (excludes halogenated alkanes) is 7. The Morgan fingerprint density at radius 2 is 1.41 bits per heavy atom. The topological polar surface area (TPSA) is 32.3 Å². The van der Waals surface area contributed by atoms with E-state index in [0.29, 0.717) is 26.3 Å². The first-order valence-electron chi connectivity index (χ1n) is 7.42. The molecule has 0 aromatic carbocycles. The Kier molecular flexibility index (Phi) is 7.82. The van der Waals surface area contributed by atoms with Crippen molar-refractivity contribution in [3.05, 3.63) is 5.21 Å². The van der Waals surface area contributed by atoms with Gasteiger partial charge in [-0.1, -0.05) is 45.4 Å². The molecule has 3 heteroatoms. The summed E-state index contributed by atoms with van der Waals surface area (Å²) in [5.74, 6) is 0. The van der Waals surface area contributed by atoms with E-state index < -0.39 is 0 Å². The number of nitrogens with zero attached hydrogens (tertiary/aromatic N) is 1. The predicted molar refractivity (Wildman–Crippen MR) is 71.7 cm³/mol. The number of ether oxygens (including phenoxy) is 1. The molecule has 0 spiro atoms. The molecule has 102 valence electrons. The van der Waals surface area contributed by atoms with Crippen LogP contribution in [0.15, 0.2) is 0 Å². The highest BCUT2D eigenvalue weighted by Gasteiger charge is 2.19. The summed E-state index contributed by atoms with van der Waals surface area (Å²) in [6, 6.07) is 0. The number of hydrogen-bond donors (Lipinski definition) is 0. The largest absolute Gasteiger partial charge is 0.633 e. The zero-order valence-corrected chi connectivity index (χ0v) is 11.5. The molecule has 1 saturated heterocycles. The Labute approximate surface area is 106 Å². The van der Waals surface area contributed by atoms with Gasteiger partial charge in [0.05, 0.1) is 19.8 Å². The molecule has 3 nitrogen and oxygen atoms in total. The molecule has 1 rings (SSSR count). The van der Waals surface area contributed by atoms with Crippen molar-refractivity contribution in [3.8, 4) is 0 Å². The molecule has 0 aromatic rings. The Morgan fingerprint density at radius 1 is 0.882 bits per heavy atom. The summed E-state index contributed by atoms with van der Waals surface area (Å²) >= 11 is 0. The quantitative estimate of drug-likeness (QED) is 0.353. The van der Waals surface area contributed by atoms with Crippen LogP contribution in [0.2, 0.25) is 0 Å². The van der Waals surface area contributed by atoms with E-state index in [1.54, 1.807) is 0 Å². The van der Waals surface area contributed by atoms with Gasteiger partial charge in [0.15, 0.2) is 0 Å². The first kappa shape index (κ1) is 14.9. The molecule has 1 aliphatic heterocycles. The van der Waals surface area contributed by atoms with Gasteiger partial charge in [-0.25, -0.2) is 0 Å². The van der Waals surface area contributed by atoms with Gasteiger partial charge >= 0.3 is 0 Å². The van der Waals surface area contributed by atoms with Crippen LogP contribution in [0.3, 0.4) is 0 Å². The third-order valence-electron chi connectivity index (χ3n) is 3.71. The number of rotatable bonds is 9. The minimum absolute atomic E-state index is 0.00413. The average molecular weight is 243 g/mol. The van der Waals surface area contributed by atoms with Crippen LogP contribution in [-0.4, -0.2) is 37.5 Å². The second-order valence-electron chi connectivity index (χ2n) is 5.32. The molecule has 0 N–H and O–H groups in total. The van der Waals surface area contributed by atoms with Crippen molar-refractivity contribution in [2.24, 2.45) is 0 Å². The molecule has 0 unspecified atom stereocenters. The van der Waals surface area contributed by atoms with Gasteiger partial charge in [0.2, 0.25) is 0 Å². The fraction of sp³-hybridized carbons (Fsp3) is 1.00. The van der Waals surface area contributed by atoms with E-state index >= 15 is 0 Å². The average Bonchev–Trinajstić information content (AvgIpc) is 2.33. The molecule has 0 atom stereocenters. The van der Waals surface area contributed by atoms with Gasteiger partial charge in [-0.15, -0.1) is 0 Å². The second kappa shape index (κ2) is 8.90. The van der Waals surface area contributed by atoms with Crippen LogP contribution in [0.25, 0.3) is 0 Å². The number of morpholine rings is 1. The Hall–Kier alpha value is -0.120. The van der Waals surface area contributed by atoms with Gasteiger partial charge in [0, 0.05) is 0 Å². The van der Waals surface area contributed by atoms with E-state index in [1.807, 2.05) is 0 Å². The Balaban J connectivity index is 1.89. The maximum absolute atomic E-state index is 12.2. The van der Waals surface area contributed by atoms with Gasteiger partial charge < -0.3 is 14.6 Å². The highest BCUT2D eigenvalue weighted by molar-refractivity contribution is 4.52. The number of hydroxylamine groups is 3. The van der Waals surface area contributed by atoms with E-state index in [-0.39, 0.29) is 4.65 Å². The lowest BCUT2D eigenvalue weighted by molar-refractivity contribution is -0.888. The highest BCUT2D eigenvalue weighted by atomic mass is 16.6. The molecule has 1 fully saturated rings. The SMILES string of the molecule is CCCCCCCCCC[N+]1([O-])CCOCC1. The van der Waals surface area contributed by atoms with E-state index in [0.717, 1.165) is 13.0 Å². The van der Waals surface area contributed by atoms with Crippen LogP contribution in [-0.2, 0) is 4.74 Å². The standard InChI is InChI=1S/C14H29NO2/c1-2-3-4-5-6-7-8-9-10-15(16)11-13-17-14-12-15/h2-14H2,1H3. The zero-order valence-electron chi connectivity index (χ0n) is 11.5. The molecule has 17 heavy (non-hydrogen) atoms. The van der Waals surface area contributed by atoms with Crippen LogP contribution in [0, 0.1) is 5.21 Å². The third-order valence-corrected chi connectivity index (χ3v) is 3.71. The fourth-order valence-electron chi connectivity index (χ4n) is 2.43. The second-order valence-corrected chi connectivity index (χ2v) is 5.32. The summed E-state index contributed by atoms with van der Waals surface area (Å²) in [5, 5.41) is 12.2. The fourth-order valence-corrected chi connectivity index (χ4v) is 2.43. The summed E-state index contributed by atoms with van der Waals surface area (Å²) in [6.45, 7) is 5.69. The van der Waals surface area contributed by atoms with E-state index in [4.69, 9.17) is 4.74 Å².